The van der Waals surface area contributed by atoms with E-state index in [-0.39, 0.29) is 5.91 Å². The number of rotatable bonds is 5. The van der Waals surface area contributed by atoms with Gasteiger partial charge in [0.1, 0.15) is 5.76 Å². The zero-order valence-electron chi connectivity index (χ0n) is 13.4. The van der Waals surface area contributed by atoms with Crippen molar-refractivity contribution in [1.29, 1.82) is 0 Å². The fourth-order valence-corrected chi connectivity index (χ4v) is 3.01. The van der Waals surface area contributed by atoms with E-state index in [1.54, 1.807) is 12.5 Å². The van der Waals surface area contributed by atoms with Gasteiger partial charge in [-0.05, 0) is 37.1 Å². The quantitative estimate of drug-likeness (QED) is 0.846. The lowest BCUT2D eigenvalue weighted by Gasteiger charge is -2.37. The van der Waals surface area contributed by atoms with Gasteiger partial charge >= 0.3 is 0 Å². The lowest BCUT2D eigenvalue weighted by Crippen LogP contribution is -2.46. The van der Waals surface area contributed by atoms with Crippen LogP contribution in [0.15, 0.2) is 41.1 Å². The summed E-state index contributed by atoms with van der Waals surface area (Å²) >= 11 is 0. The monoisotopic (exact) mass is 314 g/mol. The first-order chi connectivity index (χ1) is 11.2. The molecule has 1 fully saturated rings. The van der Waals surface area contributed by atoms with Gasteiger partial charge in [-0.25, -0.2) is 0 Å². The second-order valence-corrected chi connectivity index (χ2v) is 5.88. The van der Waals surface area contributed by atoms with Crippen molar-refractivity contribution in [3.63, 3.8) is 0 Å². The van der Waals surface area contributed by atoms with Crippen LogP contribution in [-0.4, -0.2) is 47.2 Å². The summed E-state index contributed by atoms with van der Waals surface area (Å²) in [6.07, 6.45) is 6.42. The van der Waals surface area contributed by atoms with Crippen molar-refractivity contribution in [3.05, 3.63) is 42.5 Å². The van der Waals surface area contributed by atoms with Gasteiger partial charge in [-0.3, -0.25) is 4.79 Å². The maximum absolute atomic E-state index is 12.3. The van der Waals surface area contributed by atoms with E-state index >= 15 is 0 Å². The Labute approximate surface area is 136 Å². The highest BCUT2D eigenvalue weighted by Crippen LogP contribution is 2.20. The van der Waals surface area contributed by atoms with Crippen LogP contribution in [0.2, 0.25) is 0 Å². The Hall–Kier alpha value is -2.37. The number of hydrogen-bond acceptors (Lipinski definition) is 5. The molecule has 0 aliphatic carbocycles. The lowest BCUT2D eigenvalue weighted by molar-refractivity contribution is -0.132. The molecule has 3 heterocycles. The Kier molecular flexibility index (Phi) is 4.90. The fourth-order valence-electron chi connectivity index (χ4n) is 3.01. The van der Waals surface area contributed by atoms with Crippen molar-refractivity contribution in [2.45, 2.75) is 31.7 Å². The Bertz CT molecular complexity index is 607. The van der Waals surface area contributed by atoms with Crippen molar-refractivity contribution in [2.75, 3.05) is 25.0 Å². The van der Waals surface area contributed by atoms with Gasteiger partial charge in [0.2, 0.25) is 5.91 Å². The van der Waals surface area contributed by atoms with E-state index in [0.29, 0.717) is 18.9 Å². The Morgan fingerprint density at radius 2 is 2.17 bits per heavy atom. The minimum absolute atomic E-state index is 0.210. The molecule has 1 aliphatic heterocycles. The van der Waals surface area contributed by atoms with Crippen LogP contribution in [-0.2, 0) is 11.2 Å². The molecule has 0 unspecified atom stereocenters. The van der Waals surface area contributed by atoms with Gasteiger partial charge in [0, 0.05) is 45.2 Å². The van der Waals surface area contributed by atoms with Gasteiger partial charge in [0.05, 0.1) is 6.26 Å². The summed E-state index contributed by atoms with van der Waals surface area (Å²) in [7, 11) is 2.04. The van der Waals surface area contributed by atoms with E-state index in [0.717, 1.165) is 37.5 Å². The largest absolute Gasteiger partial charge is 0.469 e. The normalized spacial score (nSPS) is 15.6. The molecule has 0 radical (unpaired) electrons. The molecule has 0 bridgehead atoms. The van der Waals surface area contributed by atoms with E-state index in [1.165, 1.54) is 0 Å². The smallest absolute Gasteiger partial charge is 0.223 e. The maximum atomic E-state index is 12.3. The van der Waals surface area contributed by atoms with Crippen LogP contribution in [0.25, 0.3) is 0 Å². The molecule has 3 rings (SSSR count). The summed E-state index contributed by atoms with van der Waals surface area (Å²) < 4.78 is 5.28. The molecule has 1 aliphatic rings. The summed E-state index contributed by atoms with van der Waals surface area (Å²) in [6, 6.07) is 8.03. The number of anilines is 1. The predicted octanol–water partition coefficient (Wildman–Crippen LogP) is 2.13. The first kappa shape index (κ1) is 15.5. The first-order valence-electron chi connectivity index (χ1n) is 8.05. The highest BCUT2D eigenvalue weighted by molar-refractivity contribution is 5.76. The van der Waals surface area contributed by atoms with Crippen molar-refractivity contribution in [3.8, 4) is 0 Å². The summed E-state index contributed by atoms with van der Waals surface area (Å²) in [5.74, 6) is 1.97. The predicted molar refractivity (Wildman–Crippen MR) is 87.1 cm³/mol. The molecule has 23 heavy (non-hydrogen) atoms. The number of aromatic nitrogens is 2. The van der Waals surface area contributed by atoms with Gasteiger partial charge in [-0.1, -0.05) is 0 Å². The average Bonchev–Trinajstić information content (AvgIpc) is 3.13. The molecule has 0 spiro atoms. The highest BCUT2D eigenvalue weighted by atomic mass is 16.3. The van der Waals surface area contributed by atoms with Crippen LogP contribution in [0.1, 0.15) is 25.0 Å². The molecule has 0 aromatic carbocycles. The second-order valence-electron chi connectivity index (χ2n) is 5.88. The number of aryl methyl sites for hydroxylation is 1. The topological polar surface area (TPSA) is 62.5 Å². The first-order valence-corrected chi connectivity index (χ1v) is 8.05. The van der Waals surface area contributed by atoms with Gasteiger partial charge in [-0.2, -0.15) is 5.10 Å². The minimum atomic E-state index is 0.210. The summed E-state index contributed by atoms with van der Waals surface area (Å²) in [4.78, 5) is 16.4. The summed E-state index contributed by atoms with van der Waals surface area (Å²) in [5, 5.41) is 8.08. The highest BCUT2D eigenvalue weighted by Gasteiger charge is 2.25. The number of amides is 1. The molecular formula is C17H22N4O2. The zero-order chi connectivity index (χ0) is 16.1. The number of carbonyl (C=O) groups excluding carboxylic acids is 1. The standard InChI is InChI=1S/C17H22N4O2/c1-20(16-5-2-10-18-19-16)14-8-11-21(12-9-14)17(22)7-6-15-4-3-13-23-15/h2-5,10,13-14H,6-9,11-12H2,1H3. The van der Waals surface area contributed by atoms with E-state index in [4.69, 9.17) is 4.42 Å². The number of nitrogens with zero attached hydrogens (tertiary/aromatic N) is 4. The SMILES string of the molecule is CN(c1cccnn1)C1CCN(C(=O)CCc2ccco2)CC1. The molecular weight excluding hydrogens is 292 g/mol. The van der Waals surface area contributed by atoms with E-state index in [2.05, 4.69) is 15.1 Å². The van der Waals surface area contributed by atoms with E-state index in [9.17, 15) is 4.79 Å². The van der Waals surface area contributed by atoms with Crippen LogP contribution >= 0.6 is 0 Å². The van der Waals surface area contributed by atoms with E-state index < -0.39 is 0 Å². The molecule has 122 valence electrons. The second kappa shape index (κ2) is 7.26. The molecule has 2 aromatic heterocycles. The van der Waals surface area contributed by atoms with Gasteiger partial charge in [0.15, 0.2) is 5.82 Å². The molecule has 6 heteroatoms. The van der Waals surface area contributed by atoms with Crippen molar-refractivity contribution in [2.24, 2.45) is 0 Å². The molecule has 0 saturated carbocycles. The Balaban J connectivity index is 1.47. The average molecular weight is 314 g/mol. The third-order valence-electron chi connectivity index (χ3n) is 4.45. The lowest BCUT2D eigenvalue weighted by atomic mass is 10.0. The van der Waals surface area contributed by atoms with Crippen LogP contribution in [0.4, 0.5) is 5.82 Å². The molecule has 2 aromatic rings. The van der Waals surface area contributed by atoms with Crippen molar-refractivity contribution in [1.82, 2.24) is 15.1 Å². The third kappa shape index (κ3) is 3.88. The van der Waals surface area contributed by atoms with Crippen LogP contribution < -0.4 is 4.90 Å². The Morgan fingerprint density at radius 1 is 1.35 bits per heavy atom. The van der Waals surface area contributed by atoms with Crippen LogP contribution in [0, 0.1) is 0 Å². The number of carbonyl (C=O) groups is 1. The maximum Gasteiger partial charge on any atom is 0.223 e. The minimum Gasteiger partial charge on any atom is -0.469 e. The molecule has 0 atom stereocenters. The van der Waals surface area contributed by atoms with Crippen molar-refractivity contribution < 1.29 is 9.21 Å². The van der Waals surface area contributed by atoms with Crippen molar-refractivity contribution >= 4 is 11.7 Å². The summed E-state index contributed by atoms with van der Waals surface area (Å²) in [5.41, 5.74) is 0. The summed E-state index contributed by atoms with van der Waals surface area (Å²) in [6.45, 7) is 1.60. The molecule has 0 N–H and O–H groups in total. The van der Waals surface area contributed by atoms with Gasteiger partial charge in [0.25, 0.3) is 0 Å². The number of piperidine rings is 1. The van der Waals surface area contributed by atoms with E-state index in [1.807, 2.05) is 36.2 Å². The number of likely N-dealkylation sites (tertiary alicyclic amines) is 1. The third-order valence-corrected chi connectivity index (χ3v) is 4.45. The molecule has 6 nitrogen and oxygen atoms in total. The zero-order valence-corrected chi connectivity index (χ0v) is 13.4. The Morgan fingerprint density at radius 3 is 2.83 bits per heavy atom. The molecule has 1 amide bonds. The van der Waals surface area contributed by atoms with Gasteiger partial charge in [-0.15, -0.1) is 5.10 Å². The van der Waals surface area contributed by atoms with Crippen LogP contribution in [0.5, 0.6) is 0 Å². The molecule has 1 saturated heterocycles. The number of furan rings is 1. The number of hydrogen-bond donors (Lipinski definition) is 0. The fraction of sp³-hybridized carbons (Fsp3) is 0.471. The van der Waals surface area contributed by atoms with Crippen LogP contribution in [0.3, 0.4) is 0 Å². The van der Waals surface area contributed by atoms with Gasteiger partial charge < -0.3 is 14.2 Å².